The Bertz CT molecular complexity index is 510. The topological polar surface area (TPSA) is 48.8 Å². The quantitative estimate of drug-likeness (QED) is 0.825. The number of amidine groups is 2. The molecule has 96 valence electrons. The van der Waals surface area contributed by atoms with Gasteiger partial charge >= 0.3 is 6.18 Å². The molecule has 18 heavy (non-hydrogen) atoms. The number of hydrogen-bond donors (Lipinski definition) is 2. The molecule has 8 heteroatoms. The molecule has 0 saturated heterocycles. The summed E-state index contributed by atoms with van der Waals surface area (Å²) in [5.74, 6) is 0.249. The van der Waals surface area contributed by atoms with Crippen molar-refractivity contribution in [3.8, 4) is 0 Å². The van der Waals surface area contributed by atoms with Gasteiger partial charge in [0.2, 0.25) is 5.17 Å². The molecule has 1 aliphatic heterocycles. The number of nitrogens with one attached hydrogen (secondary N) is 2. The van der Waals surface area contributed by atoms with Crippen molar-refractivity contribution in [3.05, 3.63) is 35.4 Å². The van der Waals surface area contributed by atoms with E-state index in [0.29, 0.717) is 10.7 Å². The number of hydrogen-bond acceptors (Lipinski definition) is 5. The number of thioether (sulfide) groups is 1. The summed E-state index contributed by atoms with van der Waals surface area (Å²) in [6.45, 7) is 0. The van der Waals surface area contributed by atoms with E-state index in [4.69, 9.17) is 0 Å². The Morgan fingerprint density at radius 1 is 1.17 bits per heavy atom. The molecule has 1 aliphatic rings. The molecule has 1 aromatic rings. The minimum Gasteiger partial charge on any atom is -0.257 e. The SMILES string of the molecule is CSC1=NNC(c2cccc(C(F)(F)F)c2)=NN1. The van der Waals surface area contributed by atoms with Crippen LogP contribution < -0.4 is 10.9 Å². The van der Waals surface area contributed by atoms with Crippen LogP contribution in [0.3, 0.4) is 0 Å². The predicted molar refractivity (Wildman–Crippen MR) is 65.2 cm³/mol. The molecular weight excluding hydrogens is 265 g/mol. The van der Waals surface area contributed by atoms with Crippen molar-refractivity contribution in [2.75, 3.05) is 6.26 Å². The summed E-state index contributed by atoms with van der Waals surface area (Å²) in [6, 6.07) is 4.89. The summed E-state index contributed by atoms with van der Waals surface area (Å²) in [5.41, 5.74) is 4.84. The van der Waals surface area contributed by atoms with E-state index in [1.165, 1.54) is 23.9 Å². The van der Waals surface area contributed by atoms with Crippen LogP contribution in [0.2, 0.25) is 0 Å². The Morgan fingerprint density at radius 3 is 2.50 bits per heavy atom. The average molecular weight is 274 g/mol. The molecule has 0 aliphatic carbocycles. The lowest BCUT2D eigenvalue weighted by Gasteiger charge is -2.14. The van der Waals surface area contributed by atoms with E-state index in [-0.39, 0.29) is 5.84 Å². The normalized spacial score (nSPS) is 15.3. The molecule has 0 atom stereocenters. The van der Waals surface area contributed by atoms with E-state index >= 15 is 0 Å². The average Bonchev–Trinajstić information content (AvgIpc) is 2.38. The van der Waals surface area contributed by atoms with E-state index in [1.807, 2.05) is 0 Å². The molecule has 2 rings (SSSR count). The molecular formula is C10H9F3N4S. The highest BCUT2D eigenvalue weighted by Crippen LogP contribution is 2.29. The van der Waals surface area contributed by atoms with E-state index in [9.17, 15) is 13.2 Å². The van der Waals surface area contributed by atoms with Gasteiger partial charge in [0.1, 0.15) is 0 Å². The molecule has 0 amide bonds. The number of benzene rings is 1. The molecule has 2 N–H and O–H groups in total. The van der Waals surface area contributed by atoms with Crippen LogP contribution in [0.5, 0.6) is 0 Å². The minimum absolute atomic E-state index is 0.249. The van der Waals surface area contributed by atoms with Crippen LogP contribution in [-0.4, -0.2) is 17.3 Å². The van der Waals surface area contributed by atoms with Crippen molar-refractivity contribution in [2.24, 2.45) is 10.2 Å². The van der Waals surface area contributed by atoms with Crippen molar-refractivity contribution < 1.29 is 13.2 Å². The van der Waals surface area contributed by atoms with Gasteiger partial charge in [0.05, 0.1) is 5.56 Å². The first-order valence-electron chi connectivity index (χ1n) is 4.90. The third-order valence-corrected chi connectivity index (χ3v) is 2.75. The Morgan fingerprint density at radius 2 is 1.94 bits per heavy atom. The standard InChI is InChI=1S/C10H9F3N4S/c1-18-9-16-14-8(15-17-9)6-3-2-4-7(5-6)10(11,12)13/h2-5H,1H3,(H,14,15)(H,16,17). The van der Waals surface area contributed by atoms with Gasteiger partial charge in [-0.05, 0) is 18.4 Å². The number of rotatable bonds is 1. The molecule has 0 bridgehead atoms. The van der Waals surface area contributed by atoms with E-state index < -0.39 is 11.7 Å². The van der Waals surface area contributed by atoms with Gasteiger partial charge < -0.3 is 0 Å². The molecule has 0 saturated carbocycles. The van der Waals surface area contributed by atoms with Crippen LogP contribution in [-0.2, 0) is 6.18 Å². The van der Waals surface area contributed by atoms with Crippen LogP contribution in [0.25, 0.3) is 0 Å². The maximum absolute atomic E-state index is 12.5. The van der Waals surface area contributed by atoms with Gasteiger partial charge in [0.15, 0.2) is 5.84 Å². The zero-order valence-corrected chi connectivity index (χ0v) is 10.1. The van der Waals surface area contributed by atoms with Crippen molar-refractivity contribution in [1.82, 2.24) is 10.9 Å². The van der Waals surface area contributed by atoms with Crippen LogP contribution in [0.4, 0.5) is 13.2 Å². The van der Waals surface area contributed by atoms with Crippen LogP contribution >= 0.6 is 11.8 Å². The second kappa shape index (κ2) is 4.89. The van der Waals surface area contributed by atoms with Gasteiger partial charge in [-0.1, -0.05) is 23.9 Å². The summed E-state index contributed by atoms with van der Waals surface area (Å²) < 4.78 is 37.6. The van der Waals surface area contributed by atoms with Crippen molar-refractivity contribution >= 4 is 22.8 Å². The maximum atomic E-state index is 12.5. The number of nitrogens with zero attached hydrogens (tertiary/aromatic N) is 2. The van der Waals surface area contributed by atoms with Crippen LogP contribution in [0, 0.1) is 0 Å². The highest BCUT2D eigenvalue weighted by Gasteiger charge is 2.30. The number of alkyl halides is 3. The van der Waals surface area contributed by atoms with Crippen molar-refractivity contribution in [1.29, 1.82) is 0 Å². The highest BCUT2D eigenvalue weighted by molar-refractivity contribution is 8.13. The molecule has 0 spiro atoms. The van der Waals surface area contributed by atoms with Gasteiger partial charge in [-0.3, -0.25) is 10.9 Å². The lowest BCUT2D eigenvalue weighted by molar-refractivity contribution is -0.137. The molecule has 0 unspecified atom stereocenters. The maximum Gasteiger partial charge on any atom is 0.416 e. The highest BCUT2D eigenvalue weighted by atomic mass is 32.2. The summed E-state index contributed by atoms with van der Waals surface area (Å²) in [4.78, 5) is 0. The van der Waals surface area contributed by atoms with Crippen molar-refractivity contribution in [3.63, 3.8) is 0 Å². The molecule has 0 fully saturated rings. The van der Waals surface area contributed by atoms with E-state index in [2.05, 4.69) is 21.1 Å². The summed E-state index contributed by atoms with van der Waals surface area (Å²) in [7, 11) is 0. The Labute approximate surface area is 105 Å². The van der Waals surface area contributed by atoms with Crippen molar-refractivity contribution in [2.45, 2.75) is 6.18 Å². The Hall–Kier alpha value is -1.70. The zero-order valence-electron chi connectivity index (χ0n) is 9.25. The van der Waals surface area contributed by atoms with E-state index in [1.54, 1.807) is 6.26 Å². The minimum atomic E-state index is -4.37. The first-order valence-corrected chi connectivity index (χ1v) is 6.12. The fourth-order valence-corrected chi connectivity index (χ4v) is 1.59. The fraction of sp³-hybridized carbons (Fsp3) is 0.200. The van der Waals surface area contributed by atoms with Gasteiger partial charge in [-0.2, -0.15) is 18.3 Å². The predicted octanol–water partition coefficient (Wildman–Crippen LogP) is 2.19. The second-order valence-electron chi connectivity index (χ2n) is 3.38. The summed E-state index contributed by atoms with van der Waals surface area (Å²) >= 11 is 1.34. The third kappa shape index (κ3) is 2.76. The first-order chi connectivity index (χ1) is 8.50. The number of halogens is 3. The monoisotopic (exact) mass is 274 g/mol. The van der Waals surface area contributed by atoms with E-state index in [0.717, 1.165) is 12.1 Å². The van der Waals surface area contributed by atoms with Crippen LogP contribution in [0.15, 0.2) is 34.5 Å². The van der Waals surface area contributed by atoms with Gasteiger partial charge in [-0.25, -0.2) is 0 Å². The molecule has 0 radical (unpaired) electrons. The molecule has 4 nitrogen and oxygen atoms in total. The zero-order chi connectivity index (χ0) is 13.2. The third-order valence-electron chi connectivity index (χ3n) is 2.18. The Kier molecular flexibility index (Phi) is 3.46. The van der Waals surface area contributed by atoms with Crippen LogP contribution in [0.1, 0.15) is 11.1 Å². The fourth-order valence-electron chi connectivity index (χ4n) is 1.32. The lowest BCUT2D eigenvalue weighted by atomic mass is 10.1. The molecule has 1 aromatic carbocycles. The van der Waals surface area contributed by atoms with Gasteiger partial charge in [-0.15, -0.1) is 5.10 Å². The largest absolute Gasteiger partial charge is 0.416 e. The Balaban J connectivity index is 2.23. The smallest absolute Gasteiger partial charge is 0.257 e. The lowest BCUT2D eigenvalue weighted by Crippen LogP contribution is -2.32. The number of hydrazone groups is 2. The van der Waals surface area contributed by atoms with Gasteiger partial charge in [0.25, 0.3) is 0 Å². The molecule has 1 heterocycles. The molecule has 0 aromatic heterocycles. The first kappa shape index (κ1) is 12.7. The second-order valence-corrected chi connectivity index (χ2v) is 4.18. The summed E-state index contributed by atoms with van der Waals surface area (Å²) in [6.07, 6.45) is -2.56. The summed E-state index contributed by atoms with van der Waals surface area (Å²) in [5, 5.41) is 8.36. The van der Waals surface area contributed by atoms with Gasteiger partial charge in [0, 0.05) is 5.56 Å².